The van der Waals surface area contributed by atoms with E-state index < -0.39 is 10.0 Å². The van der Waals surface area contributed by atoms with E-state index in [4.69, 9.17) is 5.73 Å². The van der Waals surface area contributed by atoms with Gasteiger partial charge < -0.3 is 11.1 Å². The highest BCUT2D eigenvalue weighted by atomic mass is 32.2. The molecule has 0 bridgehead atoms. The number of hydrogen-bond acceptors (Lipinski definition) is 4. The number of nitrogen functional groups attached to an aromatic ring is 1. The van der Waals surface area contributed by atoms with E-state index in [1.165, 1.54) is 4.31 Å². The van der Waals surface area contributed by atoms with Crippen molar-refractivity contribution in [1.82, 2.24) is 9.62 Å². The van der Waals surface area contributed by atoms with Crippen molar-refractivity contribution in [3.05, 3.63) is 59.7 Å². The van der Waals surface area contributed by atoms with Crippen molar-refractivity contribution in [1.29, 1.82) is 0 Å². The molecular formula is C18H25N3O2S. The Morgan fingerprint density at radius 1 is 0.958 bits per heavy atom. The number of anilines is 1. The molecule has 0 unspecified atom stereocenters. The maximum absolute atomic E-state index is 12.4. The molecule has 2 aromatic carbocycles. The van der Waals surface area contributed by atoms with Crippen LogP contribution < -0.4 is 11.1 Å². The predicted molar refractivity (Wildman–Crippen MR) is 97.9 cm³/mol. The Balaban J connectivity index is 1.99. The van der Waals surface area contributed by atoms with E-state index in [9.17, 15) is 8.42 Å². The Hall–Kier alpha value is -1.89. The van der Waals surface area contributed by atoms with Gasteiger partial charge in [0.25, 0.3) is 0 Å². The van der Waals surface area contributed by atoms with Crippen molar-refractivity contribution in [3.63, 3.8) is 0 Å². The highest BCUT2D eigenvalue weighted by Gasteiger charge is 2.20. The molecule has 130 valence electrons. The van der Waals surface area contributed by atoms with Crippen LogP contribution in [0.5, 0.6) is 0 Å². The average Bonchev–Trinajstić information content (AvgIpc) is 2.58. The topological polar surface area (TPSA) is 75.4 Å². The average molecular weight is 347 g/mol. The fraction of sp³-hybridized carbons (Fsp3) is 0.333. The minimum Gasteiger partial charge on any atom is -0.398 e. The molecule has 0 saturated heterocycles. The number of rotatable bonds is 8. The summed E-state index contributed by atoms with van der Waals surface area (Å²) in [6.07, 6.45) is 0. The summed E-state index contributed by atoms with van der Waals surface area (Å²) < 4.78 is 26.3. The standard InChI is InChI=1S/C18H25N3O2S/c1-3-21(4-2)24(22,23)17-11-9-15(10-12-17)13-20-14-16-7-5-6-8-18(16)19/h5-12,20H,3-4,13-14,19H2,1-2H3. The van der Waals surface area contributed by atoms with Crippen LogP contribution in [0.15, 0.2) is 53.4 Å². The fourth-order valence-corrected chi connectivity index (χ4v) is 3.99. The second-order valence-electron chi connectivity index (χ2n) is 5.54. The van der Waals surface area contributed by atoms with E-state index in [1.807, 2.05) is 50.2 Å². The van der Waals surface area contributed by atoms with Crippen LogP contribution in [0, 0.1) is 0 Å². The molecule has 0 heterocycles. The molecule has 3 N–H and O–H groups in total. The zero-order chi connectivity index (χ0) is 17.6. The van der Waals surface area contributed by atoms with Crippen LogP contribution in [0.4, 0.5) is 5.69 Å². The maximum Gasteiger partial charge on any atom is 0.243 e. The van der Waals surface area contributed by atoms with Crippen molar-refractivity contribution in [3.8, 4) is 0 Å². The molecule has 5 nitrogen and oxygen atoms in total. The van der Waals surface area contributed by atoms with E-state index in [-0.39, 0.29) is 0 Å². The summed E-state index contributed by atoms with van der Waals surface area (Å²) >= 11 is 0. The minimum atomic E-state index is -3.39. The van der Waals surface area contributed by atoms with Gasteiger partial charge in [0.1, 0.15) is 0 Å². The highest BCUT2D eigenvalue weighted by molar-refractivity contribution is 7.89. The Morgan fingerprint density at radius 2 is 1.58 bits per heavy atom. The monoisotopic (exact) mass is 347 g/mol. The largest absolute Gasteiger partial charge is 0.398 e. The summed E-state index contributed by atoms with van der Waals surface area (Å²) in [5.41, 5.74) is 8.76. The molecule has 2 rings (SSSR count). The summed E-state index contributed by atoms with van der Waals surface area (Å²) in [6.45, 7) is 5.95. The first kappa shape index (κ1) is 18.4. The lowest BCUT2D eigenvalue weighted by Crippen LogP contribution is -2.30. The van der Waals surface area contributed by atoms with Gasteiger partial charge in [-0.2, -0.15) is 4.31 Å². The van der Waals surface area contributed by atoms with Gasteiger partial charge in [-0.05, 0) is 29.3 Å². The molecule has 0 aliphatic rings. The molecule has 6 heteroatoms. The van der Waals surface area contributed by atoms with Crippen molar-refractivity contribution in [2.45, 2.75) is 31.8 Å². The molecule has 0 radical (unpaired) electrons. The zero-order valence-electron chi connectivity index (χ0n) is 14.2. The Bertz CT molecular complexity index is 754. The third-order valence-corrected chi connectivity index (χ3v) is 6.03. The number of benzene rings is 2. The van der Waals surface area contributed by atoms with Gasteiger partial charge >= 0.3 is 0 Å². The Kier molecular flexibility index (Phi) is 6.36. The third kappa shape index (κ3) is 4.35. The lowest BCUT2D eigenvalue weighted by Gasteiger charge is -2.18. The lowest BCUT2D eigenvalue weighted by atomic mass is 10.1. The van der Waals surface area contributed by atoms with Crippen LogP contribution >= 0.6 is 0 Å². The first-order valence-corrected chi connectivity index (χ1v) is 9.56. The van der Waals surface area contributed by atoms with Crippen molar-refractivity contribution >= 4 is 15.7 Å². The molecule has 0 aromatic heterocycles. The van der Waals surface area contributed by atoms with E-state index in [1.54, 1.807) is 12.1 Å². The maximum atomic E-state index is 12.4. The van der Waals surface area contributed by atoms with Crippen molar-refractivity contribution in [2.75, 3.05) is 18.8 Å². The molecule has 24 heavy (non-hydrogen) atoms. The fourth-order valence-electron chi connectivity index (χ4n) is 2.53. The van der Waals surface area contributed by atoms with E-state index >= 15 is 0 Å². The molecule has 0 aliphatic heterocycles. The SMILES string of the molecule is CCN(CC)S(=O)(=O)c1ccc(CNCc2ccccc2N)cc1. The van der Waals surface area contributed by atoms with Crippen LogP contribution in [0.25, 0.3) is 0 Å². The van der Waals surface area contributed by atoms with Gasteiger partial charge in [0, 0.05) is 31.9 Å². The Labute approximate surface area is 144 Å². The molecule has 0 atom stereocenters. The van der Waals surface area contributed by atoms with Gasteiger partial charge in [-0.3, -0.25) is 0 Å². The normalized spacial score (nSPS) is 11.8. The van der Waals surface area contributed by atoms with Gasteiger partial charge in [-0.25, -0.2) is 8.42 Å². The number of nitrogens with two attached hydrogens (primary N) is 1. The molecular weight excluding hydrogens is 322 g/mol. The Morgan fingerprint density at radius 3 is 2.17 bits per heavy atom. The van der Waals surface area contributed by atoms with E-state index in [2.05, 4.69) is 5.32 Å². The van der Waals surface area contributed by atoms with Crippen LogP contribution in [-0.4, -0.2) is 25.8 Å². The molecule has 0 fully saturated rings. The quantitative estimate of drug-likeness (QED) is 0.720. The first-order chi connectivity index (χ1) is 11.5. The summed E-state index contributed by atoms with van der Waals surface area (Å²) in [7, 11) is -3.39. The second-order valence-corrected chi connectivity index (χ2v) is 7.47. The molecule has 0 spiro atoms. The smallest absolute Gasteiger partial charge is 0.243 e. The number of nitrogens with one attached hydrogen (secondary N) is 1. The van der Waals surface area contributed by atoms with Gasteiger partial charge in [-0.15, -0.1) is 0 Å². The van der Waals surface area contributed by atoms with E-state index in [0.717, 1.165) is 16.8 Å². The summed E-state index contributed by atoms with van der Waals surface area (Å²) in [4.78, 5) is 0.335. The summed E-state index contributed by atoms with van der Waals surface area (Å²) in [6, 6.07) is 14.8. The number of para-hydroxylation sites is 1. The number of sulfonamides is 1. The number of hydrogen-bond donors (Lipinski definition) is 2. The van der Waals surface area contributed by atoms with Crippen LogP contribution in [0.1, 0.15) is 25.0 Å². The zero-order valence-corrected chi connectivity index (χ0v) is 15.0. The first-order valence-electron chi connectivity index (χ1n) is 8.12. The van der Waals surface area contributed by atoms with Crippen molar-refractivity contribution in [2.24, 2.45) is 0 Å². The van der Waals surface area contributed by atoms with Crippen LogP contribution in [0.3, 0.4) is 0 Å². The van der Waals surface area contributed by atoms with Gasteiger partial charge in [0.15, 0.2) is 0 Å². The molecule has 2 aromatic rings. The van der Waals surface area contributed by atoms with E-state index in [0.29, 0.717) is 31.1 Å². The second kappa shape index (κ2) is 8.28. The van der Waals surface area contributed by atoms with Gasteiger partial charge in [0.2, 0.25) is 10.0 Å². The van der Waals surface area contributed by atoms with Gasteiger partial charge in [0.05, 0.1) is 4.90 Å². The molecule has 0 aliphatic carbocycles. The summed E-state index contributed by atoms with van der Waals surface area (Å²) in [5.74, 6) is 0. The predicted octanol–water partition coefficient (Wildman–Crippen LogP) is 2.59. The molecule has 0 amide bonds. The van der Waals surface area contributed by atoms with Crippen LogP contribution in [-0.2, 0) is 23.1 Å². The summed E-state index contributed by atoms with van der Waals surface area (Å²) in [5, 5.41) is 3.32. The minimum absolute atomic E-state index is 0.335. The molecule has 0 saturated carbocycles. The number of nitrogens with zero attached hydrogens (tertiary/aromatic N) is 1. The van der Waals surface area contributed by atoms with Crippen molar-refractivity contribution < 1.29 is 8.42 Å². The van der Waals surface area contributed by atoms with Gasteiger partial charge in [-0.1, -0.05) is 44.2 Å². The lowest BCUT2D eigenvalue weighted by molar-refractivity contribution is 0.445. The third-order valence-electron chi connectivity index (χ3n) is 3.97. The highest BCUT2D eigenvalue weighted by Crippen LogP contribution is 2.16. The van der Waals surface area contributed by atoms with Crippen LogP contribution in [0.2, 0.25) is 0 Å².